The van der Waals surface area contributed by atoms with Gasteiger partial charge in [0.15, 0.2) is 6.29 Å². The van der Waals surface area contributed by atoms with E-state index in [4.69, 9.17) is 10.2 Å². The maximum Gasteiger partial charge on any atom is 0.239 e. The molecule has 1 aliphatic rings. The van der Waals surface area contributed by atoms with Gasteiger partial charge in [-0.25, -0.2) is 0 Å². The van der Waals surface area contributed by atoms with E-state index < -0.39 is 6.29 Å². The summed E-state index contributed by atoms with van der Waals surface area (Å²) >= 11 is 0. The fraction of sp³-hybridized carbons (Fsp3) is 0.800. The van der Waals surface area contributed by atoms with E-state index in [1.54, 1.807) is 0 Å². The summed E-state index contributed by atoms with van der Waals surface area (Å²) in [6.07, 6.45) is 1.24. The largest absolute Gasteiger partial charge is 0.368 e. The standard InChI is InChI=1S/C10H18N2O4/c13-8(11-5-1-2-9(14)15)6-12-10(16)7-3-4-7/h7,9,14-15H,1-6H2,(H,11,13)(H,12,16). The molecule has 0 unspecified atom stereocenters. The highest BCUT2D eigenvalue weighted by molar-refractivity contribution is 5.86. The molecule has 6 heteroatoms. The number of rotatable bonds is 7. The first-order chi connectivity index (χ1) is 7.59. The Labute approximate surface area is 94.0 Å². The summed E-state index contributed by atoms with van der Waals surface area (Å²) in [6.45, 7) is 0.382. The normalized spacial score (nSPS) is 14.9. The van der Waals surface area contributed by atoms with Crippen LogP contribution in [0.1, 0.15) is 25.7 Å². The summed E-state index contributed by atoms with van der Waals surface area (Å²) in [7, 11) is 0. The zero-order valence-corrected chi connectivity index (χ0v) is 9.11. The second kappa shape index (κ2) is 6.44. The van der Waals surface area contributed by atoms with Gasteiger partial charge in [-0.2, -0.15) is 0 Å². The molecular weight excluding hydrogens is 212 g/mol. The first-order valence-corrected chi connectivity index (χ1v) is 5.50. The summed E-state index contributed by atoms with van der Waals surface area (Å²) in [4.78, 5) is 22.4. The van der Waals surface area contributed by atoms with Gasteiger partial charge < -0.3 is 20.8 Å². The number of aliphatic hydroxyl groups excluding tert-OH is 1. The molecule has 0 spiro atoms. The van der Waals surface area contributed by atoms with Crippen molar-refractivity contribution in [1.82, 2.24) is 10.6 Å². The molecule has 1 fully saturated rings. The highest BCUT2D eigenvalue weighted by atomic mass is 16.5. The Morgan fingerprint density at radius 3 is 2.50 bits per heavy atom. The summed E-state index contributed by atoms with van der Waals surface area (Å²) in [5.74, 6) is -0.195. The topological polar surface area (TPSA) is 98.7 Å². The lowest BCUT2D eigenvalue weighted by molar-refractivity contribution is -0.126. The number of aliphatic hydroxyl groups is 2. The molecule has 0 aromatic carbocycles. The van der Waals surface area contributed by atoms with E-state index in [9.17, 15) is 9.59 Å². The molecule has 4 N–H and O–H groups in total. The van der Waals surface area contributed by atoms with Gasteiger partial charge in [-0.3, -0.25) is 9.59 Å². The van der Waals surface area contributed by atoms with Gasteiger partial charge in [0.2, 0.25) is 11.8 Å². The van der Waals surface area contributed by atoms with Gasteiger partial charge in [0.05, 0.1) is 6.54 Å². The van der Waals surface area contributed by atoms with Crippen LogP contribution in [-0.2, 0) is 9.59 Å². The third-order valence-electron chi connectivity index (χ3n) is 2.33. The van der Waals surface area contributed by atoms with Crippen molar-refractivity contribution in [2.45, 2.75) is 32.0 Å². The predicted molar refractivity (Wildman–Crippen MR) is 56.2 cm³/mol. The van der Waals surface area contributed by atoms with Crippen molar-refractivity contribution in [3.05, 3.63) is 0 Å². The fourth-order valence-electron chi connectivity index (χ4n) is 1.23. The van der Waals surface area contributed by atoms with Gasteiger partial charge in [-0.05, 0) is 25.7 Å². The van der Waals surface area contributed by atoms with E-state index in [2.05, 4.69) is 10.6 Å². The van der Waals surface area contributed by atoms with Crippen molar-refractivity contribution in [3.63, 3.8) is 0 Å². The number of amides is 2. The minimum absolute atomic E-state index is 0.00296. The molecule has 0 aromatic heterocycles. The van der Waals surface area contributed by atoms with Crippen molar-refractivity contribution >= 4 is 11.8 Å². The third kappa shape index (κ3) is 5.67. The van der Waals surface area contributed by atoms with Gasteiger partial charge in [0.1, 0.15) is 0 Å². The van der Waals surface area contributed by atoms with Crippen molar-refractivity contribution in [2.75, 3.05) is 13.1 Å². The van der Waals surface area contributed by atoms with E-state index in [0.29, 0.717) is 13.0 Å². The molecular formula is C10H18N2O4. The van der Waals surface area contributed by atoms with Crippen LogP contribution in [0.5, 0.6) is 0 Å². The zero-order valence-electron chi connectivity index (χ0n) is 9.11. The maximum atomic E-state index is 11.2. The molecule has 1 rings (SSSR count). The Balaban J connectivity index is 1.95. The molecule has 92 valence electrons. The summed E-state index contributed by atoms with van der Waals surface area (Å²) < 4.78 is 0. The van der Waals surface area contributed by atoms with Crippen molar-refractivity contribution in [3.8, 4) is 0 Å². The molecule has 0 aromatic rings. The van der Waals surface area contributed by atoms with Crippen LogP contribution in [0.4, 0.5) is 0 Å². The number of nitrogens with one attached hydrogen (secondary N) is 2. The Morgan fingerprint density at radius 1 is 1.25 bits per heavy atom. The molecule has 0 heterocycles. The lowest BCUT2D eigenvalue weighted by Gasteiger charge is -2.07. The van der Waals surface area contributed by atoms with Gasteiger partial charge >= 0.3 is 0 Å². The lowest BCUT2D eigenvalue weighted by Crippen LogP contribution is -2.38. The van der Waals surface area contributed by atoms with Crippen molar-refractivity contribution in [2.24, 2.45) is 5.92 Å². The van der Waals surface area contributed by atoms with E-state index in [1.807, 2.05) is 0 Å². The van der Waals surface area contributed by atoms with Crippen LogP contribution in [0.3, 0.4) is 0 Å². The minimum atomic E-state index is -1.33. The van der Waals surface area contributed by atoms with Gasteiger partial charge in [-0.15, -0.1) is 0 Å². The van der Waals surface area contributed by atoms with E-state index in [-0.39, 0.29) is 30.7 Å². The second-order valence-corrected chi connectivity index (χ2v) is 3.96. The molecule has 16 heavy (non-hydrogen) atoms. The Bertz CT molecular complexity index is 251. The monoisotopic (exact) mass is 230 g/mol. The smallest absolute Gasteiger partial charge is 0.239 e. The summed E-state index contributed by atoms with van der Waals surface area (Å²) in [5.41, 5.74) is 0. The molecule has 0 bridgehead atoms. The molecule has 0 atom stereocenters. The molecule has 1 saturated carbocycles. The predicted octanol–water partition coefficient (Wildman–Crippen LogP) is -1.28. The van der Waals surface area contributed by atoms with Crippen LogP contribution in [-0.4, -0.2) is 41.4 Å². The Morgan fingerprint density at radius 2 is 1.94 bits per heavy atom. The van der Waals surface area contributed by atoms with Crippen LogP contribution in [0, 0.1) is 5.92 Å². The van der Waals surface area contributed by atoms with E-state index >= 15 is 0 Å². The van der Waals surface area contributed by atoms with Crippen LogP contribution < -0.4 is 10.6 Å². The molecule has 1 aliphatic carbocycles. The van der Waals surface area contributed by atoms with Gasteiger partial charge in [0, 0.05) is 12.5 Å². The first kappa shape index (κ1) is 12.9. The SMILES string of the molecule is O=C(CNC(=O)C1CC1)NCCCC(O)O. The maximum absolute atomic E-state index is 11.2. The number of carbonyl (C=O) groups is 2. The van der Waals surface area contributed by atoms with Gasteiger partial charge in [0.25, 0.3) is 0 Å². The Hall–Kier alpha value is -1.14. The summed E-state index contributed by atoms with van der Waals surface area (Å²) in [6, 6.07) is 0. The van der Waals surface area contributed by atoms with E-state index in [0.717, 1.165) is 12.8 Å². The van der Waals surface area contributed by atoms with Crippen LogP contribution in [0.2, 0.25) is 0 Å². The number of hydrogen-bond acceptors (Lipinski definition) is 4. The van der Waals surface area contributed by atoms with Gasteiger partial charge in [-0.1, -0.05) is 0 Å². The van der Waals surface area contributed by atoms with Crippen LogP contribution in [0.15, 0.2) is 0 Å². The fourth-order valence-corrected chi connectivity index (χ4v) is 1.23. The average Bonchev–Trinajstić information content (AvgIpc) is 3.04. The Kier molecular flexibility index (Phi) is 5.21. The molecule has 6 nitrogen and oxygen atoms in total. The number of carbonyl (C=O) groups excluding carboxylic acids is 2. The molecule has 0 saturated heterocycles. The second-order valence-electron chi connectivity index (χ2n) is 3.96. The molecule has 0 radical (unpaired) electrons. The quantitative estimate of drug-likeness (QED) is 0.323. The van der Waals surface area contributed by atoms with Crippen LogP contribution in [0.25, 0.3) is 0 Å². The molecule has 2 amide bonds. The zero-order chi connectivity index (χ0) is 12.0. The highest BCUT2D eigenvalue weighted by Gasteiger charge is 2.29. The summed E-state index contributed by atoms with van der Waals surface area (Å²) in [5, 5.41) is 22.2. The lowest BCUT2D eigenvalue weighted by atomic mass is 10.3. The number of hydrogen-bond donors (Lipinski definition) is 4. The van der Waals surface area contributed by atoms with Crippen LogP contribution >= 0.6 is 0 Å². The molecule has 0 aliphatic heterocycles. The first-order valence-electron chi connectivity index (χ1n) is 5.50. The highest BCUT2D eigenvalue weighted by Crippen LogP contribution is 2.28. The van der Waals surface area contributed by atoms with Crippen molar-refractivity contribution < 1.29 is 19.8 Å². The third-order valence-corrected chi connectivity index (χ3v) is 2.33. The average molecular weight is 230 g/mol. The van der Waals surface area contributed by atoms with E-state index in [1.165, 1.54) is 0 Å². The van der Waals surface area contributed by atoms with Crippen molar-refractivity contribution in [1.29, 1.82) is 0 Å². The minimum Gasteiger partial charge on any atom is -0.368 e.